The van der Waals surface area contributed by atoms with Crippen LogP contribution in [-0.2, 0) is 0 Å². The number of aryl methyl sites for hydroxylation is 1. The third kappa shape index (κ3) is 2.13. The highest BCUT2D eigenvalue weighted by Gasteiger charge is 2.22. The van der Waals surface area contributed by atoms with Crippen molar-refractivity contribution in [3.05, 3.63) is 9.26 Å². The molecule has 15 heavy (non-hydrogen) atoms. The molecule has 1 fully saturated rings. The number of hydrogen-bond acceptors (Lipinski definition) is 3. The van der Waals surface area contributed by atoms with Crippen molar-refractivity contribution in [2.75, 3.05) is 25.9 Å². The van der Waals surface area contributed by atoms with E-state index in [0.29, 0.717) is 6.04 Å². The van der Waals surface area contributed by atoms with Gasteiger partial charge in [-0.25, -0.2) is 4.68 Å². The molecule has 0 bridgehead atoms. The van der Waals surface area contributed by atoms with Crippen LogP contribution in [0.25, 0.3) is 0 Å². The van der Waals surface area contributed by atoms with Gasteiger partial charge in [-0.15, -0.1) is 0 Å². The molecule has 84 valence electrons. The summed E-state index contributed by atoms with van der Waals surface area (Å²) in [5.74, 6) is 0.836. The molecule has 0 aromatic carbocycles. The minimum atomic E-state index is 0.489. The van der Waals surface area contributed by atoms with E-state index in [9.17, 15) is 0 Å². The second kappa shape index (κ2) is 4.29. The van der Waals surface area contributed by atoms with E-state index in [4.69, 9.17) is 5.73 Å². The number of nitrogen functional groups attached to an aromatic ring is 1. The average Bonchev–Trinajstić information content (AvgIpc) is 2.47. The first-order chi connectivity index (χ1) is 7.09. The lowest BCUT2D eigenvalue weighted by atomic mass is 10.1. The van der Waals surface area contributed by atoms with Crippen LogP contribution in [0.3, 0.4) is 0 Å². The van der Waals surface area contributed by atoms with E-state index >= 15 is 0 Å². The Morgan fingerprint density at radius 1 is 1.40 bits per heavy atom. The maximum Gasteiger partial charge on any atom is 0.135 e. The predicted octanol–water partition coefficient (Wildman–Crippen LogP) is 1.65. The first-order valence-corrected chi connectivity index (χ1v) is 6.36. The number of aromatic nitrogens is 2. The molecule has 1 aliphatic heterocycles. The molecule has 5 heteroatoms. The van der Waals surface area contributed by atoms with E-state index in [1.54, 1.807) is 0 Å². The maximum atomic E-state index is 6.05. The molecule has 0 atom stereocenters. The number of rotatable bonds is 1. The Bertz CT molecular complexity index is 353. The quantitative estimate of drug-likeness (QED) is 0.801. The lowest BCUT2D eigenvalue weighted by Gasteiger charge is -2.29. The Morgan fingerprint density at radius 2 is 2.00 bits per heavy atom. The summed E-state index contributed by atoms with van der Waals surface area (Å²) in [5, 5.41) is 4.52. The number of halogens is 1. The topological polar surface area (TPSA) is 47.1 Å². The van der Waals surface area contributed by atoms with Gasteiger partial charge in [0.2, 0.25) is 0 Å². The van der Waals surface area contributed by atoms with Crippen molar-refractivity contribution >= 4 is 28.4 Å². The summed E-state index contributed by atoms with van der Waals surface area (Å²) in [6, 6.07) is 0.489. The molecule has 0 saturated carbocycles. The molecule has 0 radical (unpaired) electrons. The molecule has 0 amide bonds. The Labute approximate surface area is 104 Å². The summed E-state index contributed by atoms with van der Waals surface area (Å²) in [5.41, 5.74) is 7.10. The minimum Gasteiger partial charge on any atom is -0.383 e. The molecular weight excluding hydrogens is 303 g/mol. The highest BCUT2D eigenvalue weighted by molar-refractivity contribution is 14.1. The second-order valence-electron chi connectivity index (χ2n) is 4.26. The van der Waals surface area contributed by atoms with Gasteiger partial charge in [-0.1, -0.05) is 0 Å². The first kappa shape index (κ1) is 11.2. The minimum absolute atomic E-state index is 0.489. The summed E-state index contributed by atoms with van der Waals surface area (Å²) >= 11 is 2.27. The van der Waals surface area contributed by atoms with Gasteiger partial charge in [0.25, 0.3) is 0 Å². The van der Waals surface area contributed by atoms with E-state index in [1.807, 2.05) is 11.6 Å². The van der Waals surface area contributed by atoms with Gasteiger partial charge in [0.15, 0.2) is 0 Å². The summed E-state index contributed by atoms with van der Waals surface area (Å²) in [7, 11) is 2.16. The lowest BCUT2D eigenvalue weighted by Crippen LogP contribution is -2.32. The van der Waals surface area contributed by atoms with Crippen LogP contribution >= 0.6 is 22.6 Å². The Balaban J connectivity index is 2.19. The fraction of sp³-hybridized carbons (Fsp3) is 0.700. The molecule has 2 N–H and O–H groups in total. The van der Waals surface area contributed by atoms with Crippen LogP contribution in [0.1, 0.15) is 24.6 Å². The number of anilines is 1. The highest BCUT2D eigenvalue weighted by atomic mass is 127. The predicted molar refractivity (Wildman–Crippen MR) is 69.9 cm³/mol. The van der Waals surface area contributed by atoms with Crippen molar-refractivity contribution in [1.29, 1.82) is 0 Å². The molecule has 1 aliphatic rings. The van der Waals surface area contributed by atoms with Gasteiger partial charge < -0.3 is 10.6 Å². The van der Waals surface area contributed by atoms with Crippen molar-refractivity contribution < 1.29 is 0 Å². The van der Waals surface area contributed by atoms with Gasteiger partial charge in [-0.3, -0.25) is 0 Å². The van der Waals surface area contributed by atoms with Crippen molar-refractivity contribution in [3.63, 3.8) is 0 Å². The molecule has 1 saturated heterocycles. The summed E-state index contributed by atoms with van der Waals surface area (Å²) in [6.07, 6.45) is 2.30. The lowest BCUT2D eigenvalue weighted by molar-refractivity contribution is 0.213. The number of nitrogens with two attached hydrogens (primary N) is 1. The largest absolute Gasteiger partial charge is 0.383 e. The van der Waals surface area contributed by atoms with E-state index in [1.165, 1.54) is 0 Å². The van der Waals surface area contributed by atoms with Crippen LogP contribution in [0.15, 0.2) is 0 Å². The number of hydrogen-bond donors (Lipinski definition) is 1. The zero-order valence-electron chi connectivity index (χ0n) is 9.20. The van der Waals surface area contributed by atoms with Gasteiger partial charge in [0, 0.05) is 0 Å². The van der Waals surface area contributed by atoms with E-state index in [-0.39, 0.29) is 0 Å². The molecule has 1 aromatic heterocycles. The van der Waals surface area contributed by atoms with Gasteiger partial charge in [0.05, 0.1) is 15.3 Å². The molecule has 0 unspecified atom stereocenters. The number of likely N-dealkylation sites (tertiary alicyclic amines) is 1. The second-order valence-corrected chi connectivity index (χ2v) is 5.34. The maximum absolute atomic E-state index is 6.05. The molecular formula is C10H17IN4. The van der Waals surface area contributed by atoms with Crippen LogP contribution in [0.5, 0.6) is 0 Å². The summed E-state index contributed by atoms with van der Waals surface area (Å²) < 4.78 is 3.12. The van der Waals surface area contributed by atoms with Crippen LogP contribution in [0.4, 0.5) is 5.82 Å². The SMILES string of the molecule is Cc1nn(C2CCN(C)CC2)c(N)c1I. The normalized spacial score (nSPS) is 19.7. The summed E-state index contributed by atoms with van der Waals surface area (Å²) in [4.78, 5) is 2.36. The molecule has 1 aromatic rings. The van der Waals surface area contributed by atoms with Crippen molar-refractivity contribution in [1.82, 2.24) is 14.7 Å². The molecule has 0 aliphatic carbocycles. The number of nitrogens with zero attached hydrogens (tertiary/aromatic N) is 3. The van der Waals surface area contributed by atoms with E-state index < -0.39 is 0 Å². The molecule has 2 heterocycles. The zero-order valence-corrected chi connectivity index (χ0v) is 11.4. The van der Waals surface area contributed by atoms with Crippen molar-refractivity contribution in [2.24, 2.45) is 0 Å². The van der Waals surface area contributed by atoms with E-state index in [0.717, 1.165) is 41.0 Å². The van der Waals surface area contributed by atoms with Gasteiger partial charge in [-0.2, -0.15) is 5.10 Å². The fourth-order valence-electron chi connectivity index (χ4n) is 2.06. The Morgan fingerprint density at radius 3 is 2.47 bits per heavy atom. The zero-order chi connectivity index (χ0) is 11.0. The van der Waals surface area contributed by atoms with Crippen LogP contribution in [-0.4, -0.2) is 34.8 Å². The van der Waals surface area contributed by atoms with Crippen LogP contribution in [0.2, 0.25) is 0 Å². The van der Waals surface area contributed by atoms with Crippen LogP contribution < -0.4 is 5.73 Å². The Hall–Kier alpha value is -0.300. The molecule has 4 nitrogen and oxygen atoms in total. The summed E-state index contributed by atoms with van der Waals surface area (Å²) in [6.45, 7) is 4.29. The van der Waals surface area contributed by atoms with Crippen molar-refractivity contribution in [3.8, 4) is 0 Å². The highest BCUT2D eigenvalue weighted by Crippen LogP contribution is 2.27. The number of piperidine rings is 1. The fourth-order valence-corrected chi connectivity index (χ4v) is 2.42. The third-order valence-corrected chi connectivity index (χ3v) is 4.41. The molecule has 2 rings (SSSR count). The third-order valence-electron chi connectivity index (χ3n) is 3.08. The van der Waals surface area contributed by atoms with E-state index in [2.05, 4.69) is 39.6 Å². The molecule has 0 spiro atoms. The Kier molecular flexibility index (Phi) is 3.20. The standard InChI is InChI=1S/C10H17IN4/c1-7-9(11)10(12)15(13-7)8-3-5-14(2)6-4-8/h8H,3-6,12H2,1-2H3. The monoisotopic (exact) mass is 320 g/mol. The van der Waals surface area contributed by atoms with Gasteiger partial charge in [0.1, 0.15) is 5.82 Å². The smallest absolute Gasteiger partial charge is 0.135 e. The van der Waals surface area contributed by atoms with Crippen molar-refractivity contribution in [2.45, 2.75) is 25.8 Å². The van der Waals surface area contributed by atoms with Gasteiger partial charge >= 0.3 is 0 Å². The van der Waals surface area contributed by atoms with Gasteiger partial charge in [-0.05, 0) is 62.5 Å². The van der Waals surface area contributed by atoms with Crippen LogP contribution in [0, 0.1) is 10.5 Å². The first-order valence-electron chi connectivity index (χ1n) is 5.28. The average molecular weight is 320 g/mol.